The summed E-state index contributed by atoms with van der Waals surface area (Å²) >= 11 is 0. The summed E-state index contributed by atoms with van der Waals surface area (Å²) in [7, 11) is 0. The van der Waals surface area contributed by atoms with Gasteiger partial charge in [0.25, 0.3) is 0 Å². The van der Waals surface area contributed by atoms with Crippen LogP contribution in [-0.2, 0) is 4.74 Å². The second kappa shape index (κ2) is 2.23. The molecule has 52 valence electrons. The van der Waals surface area contributed by atoms with Gasteiger partial charge in [-0.1, -0.05) is 0 Å². The molecule has 4 heteroatoms. The van der Waals surface area contributed by atoms with E-state index >= 15 is 0 Å². The molecule has 0 aromatic heterocycles. The highest BCUT2D eigenvalue weighted by atomic mass is 16.6. The van der Waals surface area contributed by atoms with Crippen molar-refractivity contribution < 1.29 is 9.53 Å². The van der Waals surface area contributed by atoms with E-state index in [2.05, 4.69) is 5.32 Å². The quantitative estimate of drug-likeness (QED) is 0.500. The molecule has 0 aliphatic carbocycles. The minimum atomic E-state index is -0.363. The normalized spacial score (nSPS) is 33.8. The molecular weight excluding hydrogens is 120 g/mol. The van der Waals surface area contributed by atoms with Crippen LogP contribution in [0.5, 0.6) is 0 Å². The van der Waals surface area contributed by atoms with Crippen molar-refractivity contribution in [2.45, 2.75) is 19.1 Å². The monoisotopic (exact) mass is 130 g/mol. The summed E-state index contributed by atoms with van der Waals surface area (Å²) in [5.74, 6) is 0. The molecule has 0 spiro atoms. The van der Waals surface area contributed by atoms with E-state index in [0.717, 1.165) is 0 Å². The molecule has 2 atom stereocenters. The van der Waals surface area contributed by atoms with Gasteiger partial charge >= 0.3 is 6.09 Å². The molecule has 0 aromatic rings. The van der Waals surface area contributed by atoms with Crippen molar-refractivity contribution >= 4 is 6.09 Å². The Morgan fingerprint density at radius 3 is 2.78 bits per heavy atom. The number of rotatable bonds is 1. The highest BCUT2D eigenvalue weighted by Gasteiger charge is 2.28. The summed E-state index contributed by atoms with van der Waals surface area (Å²) < 4.78 is 4.75. The minimum Gasteiger partial charge on any atom is -0.443 e. The lowest BCUT2D eigenvalue weighted by Gasteiger charge is -2.07. The first-order chi connectivity index (χ1) is 4.24. The molecule has 0 aromatic carbocycles. The van der Waals surface area contributed by atoms with Crippen molar-refractivity contribution in [3.63, 3.8) is 0 Å². The lowest BCUT2D eigenvalue weighted by atomic mass is 10.2. The fraction of sp³-hybridized carbons (Fsp3) is 0.800. The van der Waals surface area contributed by atoms with Gasteiger partial charge in [0.1, 0.15) is 6.10 Å². The summed E-state index contributed by atoms with van der Waals surface area (Å²) in [4.78, 5) is 10.4. The summed E-state index contributed by atoms with van der Waals surface area (Å²) in [6.45, 7) is 2.25. The predicted molar refractivity (Wildman–Crippen MR) is 31.9 cm³/mol. The first-order valence-electron chi connectivity index (χ1n) is 2.91. The van der Waals surface area contributed by atoms with Crippen LogP contribution in [0.15, 0.2) is 0 Å². The smallest absolute Gasteiger partial charge is 0.407 e. The molecule has 0 radical (unpaired) electrons. The maximum atomic E-state index is 10.4. The maximum Gasteiger partial charge on any atom is 0.407 e. The van der Waals surface area contributed by atoms with Crippen LogP contribution in [0.25, 0.3) is 0 Å². The van der Waals surface area contributed by atoms with Crippen LogP contribution in [0.4, 0.5) is 4.79 Å². The molecule has 2 unspecified atom stereocenters. The molecule has 1 saturated heterocycles. The highest BCUT2D eigenvalue weighted by molar-refractivity contribution is 5.70. The van der Waals surface area contributed by atoms with Gasteiger partial charge in [-0.15, -0.1) is 0 Å². The van der Waals surface area contributed by atoms with Crippen LogP contribution in [0.3, 0.4) is 0 Å². The third-order valence-electron chi connectivity index (χ3n) is 1.39. The van der Waals surface area contributed by atoms with Crippen LogP contribution in [0.1, 0.15) is 6.92 Å². The van der Waals surface area contributed by atoms with Crippen molar-refractivity contribution in [1.82, 2.24) is 5.32 Å². The zero-order valence-corrected chi connectivity index (χ0v) is 5.26. The maximum absolute atomic E-state index is 10.4. The number of carbonyl (C=O) groups excluding carboxylic acids is 1. The number of hydrogen-bond donors (Lipinski definition) is 2. The summed E-state index contributed by atoms with van der Waals surface area (Å²) in [6, 6.07) is 0.0579. The number of alkyl carbamates (subject to hydrolysis) is 1. The predicted octanol–water partition coefficient (Wildman–Crippen LogP) is -0.558. The Bertz CT molecular complexity index is 126. The number of cyclic esters (lactones) is 1. The number of ether oxygens (including phenoxy) is 1. The molecule has 1 aliphatic heterocycles. The van der Waals surface area contributed by atoms with Crippen LogP contribution in [0, 0.1) is 0 Å². The number of hydrogen-bond acceptors (Lipinski definition) is 3. The van der Waals surface area contributed by atoms with E-state index in [0.29, 0.717) is 6.54 Å². The van der Waals surface area contributed by atoms with Crippen LogP contribution in [-0.4, -0.2) is 24.8 Å². The Kier molecular flexibility index (Phi) is 1.57. The summed E-state index contributed by atoms with van der Waals surface area (Å²) in [5, 5.41) is 2.58. The number of amides is 1. The van der Waals surface area contributed by atoms with E-state index in [4.69, 9.17) is 10.5 Å². The molecule has 1 amide bonds. The molecule has 0 bridgehead atoms. The lowest BCUT2D eigenvalue weighted by Crippen LogP contribution is -2.33. The molecular formula is C5H10N2O2. The van der Waals surface area contributed by atoms with Gasteiger partial charge in [-0.05, 0) is 6.92 Å². The van der Waals surface area contributed by atoms with Gasteiger partial charge in [0.05, 0.1) is 6.04 Å². The van der Waals surface area contributed by atoms with Crippen molar-refractivity contribution in [2.75, 3.05) is 6.54 Å². The van der Waals surface area contributed by atoms with E-state index in [9.17, 15) is 4.79 Å². The van der Waals surface area contributed by atoms with Gasteiger partial charge in [-0.2, -0.15) is 0 Å². The van der Waals surface area contributed by atoms with E-state index in [1.54, 1.807) is 0 Å². The van der Waals surface area contributed by atoms with E-state index in [1.165, 1.54) is 0 Å². The van der Waals surface area contributed by atoms with Gasteiger partial charge < -0.3 is 15.8 Å². The second-order valence-electron chi connectivity index (χ2n) is 2.11. The van der Waals surface area contributed by atoms with Crippen LogP contribution < -0.4 is 11.1 Å². The van der Waals surface area contributed by atoms with Gasteiger partial charge in [0.2, 0.25) is 0 Å². The number of nitrogens with two attached hydrogens (primary N) is 1. The zero-order valence-electron chi connectivity index (χ0n) is 5.26. The van der Waals surface area contributed by atoms with Gasteiger partial charge in [0.15, 0.2) is 0 Å². The van der Waals surface area contributed by atoms with E-state index < -0.39 is 0 Å². The Balaban J connectivity index is 2.47. The third-order valence-corrected chi connectivity index (χ3v) is 1.39. The van der Waals surface area contributed by atoms with Gasteiger partial charge in [0, 0.05) is 6.54 Å². The Hall–Kier alpha value is -0.770. The van der Waals surface area contributed by atoms with Crippen LogP contribution >= 0.6 is 0 Å². The Labute approximate surface area is 53.4 Å². The minimum absolute atomic E-state index is 0.0579. The molecule has 9 heavy (non-hydrogen) atoms. The van der Waals surface area contributed by atoms with Crippen molar-refractivity contribution in [1.29, 1.82) is 0 Å². The number of carbonyl (C=O) groups is 1. The summed E-state index contributed by atoms with van der Waals surface area (Å²) in [6.07, 6.45) is -0.504. The van der Waals surface area contributed by atoms with Crippen molar-refractivity contribution in [3.05, 3.63) is 0 Å². The van der Waals surface area contributed by atoms with Crippen molar-refractivity contribution in [3.8, 4) is 0 Å². The van der Waals surface area contributed by atoms with E-state index in [-0.39, 0.29) is 18.2 Å². The topological polar surface area (TPSA) is 64.3 Å². The summed E-state index contributed by atoms with van der Waals surface area (Å²) in [5.41, 5.74) is 5.27. The Morgan fingerprint density at radius 1 is 1.89 bits per heavy atom. The van der Waals surface area contributed by atoms with Crippen LogP contribution in [0.2, 0.25) is 0 Å². The van der Waals surface area contributed by atoms with E-state index in [1.807, 2.05) is 6.92 Å². The average molecular weight is 130 g/mol. The largest absolute Gasteiger partial charge is 0.443 e. The van der Waals surface area contributed by atoms with Gasteiger partial charge in [-0.25, -0.2) is 4.79 Å². The molecule has 4 nitrogen and oxygen atoms in total. The molecule has 1 heterocycles. The Morgan fingerprint density at radius 2 is 2.56 bits per heavy atom. The fourth-order valence-electron chi connectivity index (χ4n) is 0.805. The lowest BCUT2D eigenvalue weighted by molar-refractivity contribution is 0.137. The van der Waals surface area contributed by atoms with Gasteiger partial charge in [-0.3, -0.25) is 0 Å². The third kappa shape index (κ3) is 1.13. The molecule has 1 rings (SSSR count). The standard InChI is InChI=1S/C5H10N2O2/c1-3-4(2-6)9-5(8)7-3/h3-4H,2,6H2,1H3,(H,7,8). The second-order valence-corrected chi connectivity index (χ2v) is 2.11. The fourth-order valence-corrected chi connectivity index (χ4v) is 0.805. The number of nitrogens with one attached hydrogen (secondary N) is 1. The average Bonchev–Trinajstić information content (AvgIpc) is 2.10. The highest BCUT2D eigenvalue weighted by Crippen LogP contribution is 2.05. The van der Waals surface area contributed by atoms with Crippen molar-refractivity contribution in [2.24, 2.45) is 5.73 Å². The molecule has 3 N–H and O–H groups in total. The molecule has 1 fully saturated rings. The first-order valence-corrected chi connectivity index (χ1v) is 2.91. The zero-order chi connectivity index (χ0) is 6.85. The molecule has 0 saturated carbocycles. The molecule has 1 aliphatic rings. The first kappa shape index (κ1) is 6.35. The SMILES string of the molecule is CC1NC(=O)OC1CN.